The number of halogens is 1. The lowest BCUT2D eigenvalue weighted by molar-refractivity contribution is 0.102. The molecule has 5 nitrogen and oxygen atoms in total. The summed E-state index contributed by atoms with van der Waals surface area (Å²) in [6.45, 7) is 1.73. The van der Waals surface area contributed by atoms with E-state index in [0.29, 0.717) is 27.5 Å². The SMILES string of the molecule is Cc1ccccc1S(=O)(=O)Nc1cccc(C(=O)Nc2ccc(Cl)cc2)c1. The summed E-state index contributed by atoms with van der Waals surface area (Å²) >= 11 is 5.83. The molecule has 0 saturated carbocycles. The van der Waals surface area contributed by atoms with Gasteiger partial charge in [0.25, 0.3) is 15.9 Å². The average Bonchev–Trinajstić information content (AvgIpc) is 2.63. The quantitative estimate of drug-likeness (QED) is 0.651. The number of amides is 1. The zero-order valence-corrected chi connectivity index (χ0v) is 16.0. The Hall–Kier alpha value is -2.83. The molecule has 0 unspecified atom stereocenters. The van der Waals surface area contributed by atoms with Crippen molar-refractivity contribution >= 4 is 38.9 Å². The van der Waals surface area contributed by atoms with Gasteiger partial charge >= 0.3 is 0 Å². The predicted molar refractivity (Wildman–Crippen MR) is 108 cm³/mol. The zero-order valence-electron chi connectivity index (χ0n) is 14.4. The Labute approximate surface area is 163 Å². The molecule has 0 spiro atoms. The lowest BCUT2D eigenvalue weighted by Crippen LogP contribution is -2.16. The van der Waals surface area contributed by atoms with Crippen molar-refractivity contribution in [3.63, 3.8) is 0 Å². The molecule has 3 aromatic carbocycles. The number of anilines is 2. The minimum absolute atomic E-state index is 0.195. The second kappa shape index (κ2) is 7.82. The summed E-state index contributed by atoms with van der Waals surface area (Å²) in [6, 6.07) is 19.7. The highest BCUT2D eigenvalue weighted by Crippen LogP contribution is 2.21. The van der Waals surface area contributed by atoms with Gasteiger partial charge in [-0.05, 0) is 61.0 Å². The Bertz CT molecular complexity index is 1080. The number of aryl methyl sites for hydroxylation is 1. The molecular formula is C20H17ClN2O3S. The van der Waals surface area contributed by atoms with Crippen LogP contribution in [0, 0.1) is 6.92 Å². The summed E-state index contributed by atoms with van der Waals surface area (Å²) in [5, 5.41) is 3.31. The number of carbonyl (C=O) groups is 1. The van der Waals surface area contributed by atoms with E-state index in [2.05, 4.69) is 10.0 Å². The van der Waals surface area contributed by atoms with E-state index in [4.69, 9.17) is 11.6 Å². The number of carbonyl (C=O) groups excluding carboxylic acids is 1. The van der Waals surface area contributed by atoms with E-state index >= 15 is 0 Å². The minimum Gasteiger partial charge on any atom is -0.322 e. The van der Waals surface area contributed by atoms with Crippen LogP contribution in [0.2, 0.25) is 5.02 Å². The first-order chi connectivity index (χ1) is 12.8. The fourth-order valence-corrected chi connectivity index (χ4v) is 3.95. The van der Waals surface area contributed by atoms with Crippen molar-refractivity contribution in [3.05, 3.63) is 88.9 Å². The van der Waals surface area contributed by atoms with Crippen LogP contribution in [-0.4, -0.2) is 14.3 Å². The van der Waals surface area contributed by atoms with Crippen LogP contribution in [0.3, 0.4) is 0 Å². The van der Waals surface area contributed by atoms with Gasteiger partial charge in [-0.3, -0.25) is 9.52 Å². The van der Waals surface area contributed by atoms with Gasteiger partial charge in [-0.25, -0.2) is 8.42 Å². The summed E-state index contributed by atoms with van der Waals surface area (Å²) in [5.41, 5.74) is 1.87. The van der Waals surface area contributed by atoms with E-state index < -0.39 is 10.0 Å². The monoisotopic (exact) mass is 400 g/mol. The average molecular weight is 401 g/mol. The fraction of sp³-hybridized carbons (Fsp3) is 0.0500. The van der Waals surface area contributed by atoms with Crippen LogP contribution in [0.5, 0.6) is 0 Å². The van der Waals surface area contributed by atoms with E-state index in [-0.39, 0.29) is 10.8 Å². The molecule has 2 N–H and O–H groups in total. The third-order valence-electron chi connectivity index (χ3n) is 3.86. The van der Waals surface area contributed by atoms with Gasteiger partial charge < -0.3 is 5.32 Å². The fourth-order valence-electron chi connectivity index (χ4n) is 2.53. The number of nitrogens with one attached hydrogen (secondary N) is 2. The van der Waals surface area contributed by atoms with E-state index in [1.165, 1.54) is 12.1 Å². The van der Waals surface area contributed by atoms with E-state index in [9.17, 15) is 13.2 Å². The molecule has 0 fully saturated rings. The first kappa shape index (κ1) is 18.9. The van der Waals surface area contributed by atoms with Crippen molar-refractivity contribution in [2.24, 2.45) is 0 Å². The van der Waals surface area contributed by atoms with Gasteiger partial charge in [-0.2, -0.15) is 0 Å². The molecule has 3 rings (SSSR count). The van der Waals surface area contributed by atoms with Gasteiger partial charge in [0.05, 0.1) is 4.90 Å². The molecule has 7 heteroatoms. The van der Waals surface area contributed by atoms with Crippen LogP contribution in [0.25, 0.3) is 0 Å². The largest absolute Gasteiger partial charge is 0.322 e. The van der Waals surface area contributed by atoms with Crippen LogP contribution in [0.1, 0.15) is 15.9 Å². The maximum absolute atomic E-state index is 12.6. The second-order valence-electron chi connectivity index (χ2n) is 5.91. The number of hydrogen-bond donors (Lipinski definition) is 2. The molecule has 0 aliphatic rings. The van der Waals surface area contributed by atoms with Crippen LogP contribution in [0.4, 0.5) is 11.4 Å². The Morgan fingerprint density at radius 3 is 2.30 bits per heavy atom. The molecule has 0 heterocycles. The summed E-state index contributed by atoms with van der Waals surface area (Å²) in [4.78, 5) is 12.6. The first-order valence-corrected chi connectivity index (χ1v) is 9.97. The van der Waals surface area contributed by atoms with Crippen LogP contribution in [-0.2, 0) is 10.0 Å². The summed E-state index contributed by atoms with van der Waals surface area (Å²) in [6.07, 6.45) is 0. The normalized spacial score (nSPS) is 11.0. The van der Waals surface area contributed by atoms with Gasteiger partial charge in [0.15, 0.2) is 0 Å². The Morgan fingerprint density at radius 2 is 1.59 bits per heavy atom. The van der Waals surface area contributed by atoms with Gasteiger partial charge in [0.1, 0.15) is 0 Å². The summed E-state index contributed by atoms with van der Waals surface area (Å²) in [7, 11) is -3.75. The first-order valence-electron chi connectivity index (χ1n) is 8.10. The molecule has 0 atom stereocenters. The number of benzene rings is 3. The molecule has 27 heavy (non-hydrogen) atoms. The molecule has 3 aromatic rings. The molecule has 138 valence electrons. The highest BCUT2D eigenvalue weighted by atomic mass is 35.5. The minimum atomic E-state index is -3.75. The van der Waals surface area contributed by atoms with Gasteiger partial charge in [0.2, 0.25) is 0 Å². The molecule has 0 aliphatic carbocycles. The summed E-state index contributed by atoms with van der Waals surface area (Å²) < 4.78 is 27.7. The third-order valence-corrected chi connectivity index (χ3v) is 5.66. The molecule has 0 radical (unpaired) electrons. The Morgan fingerprint density at radius 1 is 0.889 bits per heavy atom. The topological polar surface area (TPSA) is 75.3 Å². The third kappa shape index (κ3) is 4.67. The molecule has 1 amide bonds. The standard InChI is InChI=1S/C20H17ClN2O3S/c1-14-5-2-3-8-19(14)27(25,26)23-18-7-4-6-15(13-18)20(24)22-17-11-9-16(21)10-12-17/h2-13,23H,1H3,(H,22,24). The van der Waals surface area contributed by atoms with Crippen molar-refractivity contribution in [2.45, 2.75) is 11.8 Å². The molecule has 0 aromatic heterocycles. The predicted octanol–water partition coefficient (Wildman–Crippen LogP) is 4.70. The number of sulfonamides is 1. The van der Waals surface area contributed by atoms with Crippen molar-refractivity contribution in [2.75, 3.05) is 10.0 Å². The van der Waals surface area contributed by atoms with E-state index in [1.807, 2.05) is 0 Å². The van der Waals surface area contributed by atoms with Crippen LogP contribution in [0.15, 0.2) is 77.7 Å². The highest BCUT2D eigenvalue weighted by Gasteiger charge is 2.17. The van der Waals surface area contributed by atoms with E-state index in [1.54, 1.807) is 67.6 Å². The highest BCUT2D eigenvalue weighted by molar-refractivity contribution is 7.92. The van der Waals surface area contributed by atoms with Crippen molar-refractivity contribution in [1.82, 2.24) is 0 Å². The second-order valence-corrected chi connectivity index (χ2v) is 8.00. The van der Waals surface area contributed by atoms with Crippen molar-refractivity contribution in [3.8, 4) is 0 Å². The summed E-state index contributed by atoms with van der Waals surface area (Å²) in [5.74, 6) is -0.353. The molecular weight excluding hydrogens is 384 g/mol. The van der Waals surface area contributed by atoms with Crippen LogP contribution >= 0.6 is 11.6 Å². The number of rotatable bonds is 5. The zero-order chi connectivity index (χ0) is 19.4. The van der Waals surface area contributed by atoms with Gasteiger partial charge in [-0.1, -0.05) is 35.9 Å². The molecule has 0 saturated heterocycles. The maximum Gasteiger partial charge on any atom is 0.262 e. The van der Waals surface area contributed by atoms with Crippen LogP contribution < -0.4 is 10.0 Å². The Balaban J connectivity index is 1.80. The van der Waals surface area contributed by atoms with Gasteiger partial charge in [0, 0.05) is 22.0 Å². The van der Waals surface area contributed by atoms with E-state index in [0.717, 1.165) is 0 Å². The maximum atomic E-state index is 12.6. The molecule has 0 aliphatic heterocycles. The lowest BCUT2D eigenvalue weighted by atomic mass is 10.2. The number of hydrogen-bond acceptors (Lipinski definition) is 3. The van der Waals surface area contributed by atoms with Crippen molar-refractivity contribution in [1.29, 1.82) is 0 Å². The lowest BCUT2D eigenvalue weighted by Gasteiger charge is -2.11. The molecule has 0 bridgehead atoms. The smallest absolute Gasteiger partial charge is 0.262 e. The Kier molecular flexibility index (Phi) is 5.48. The van der Waals surface area contributed by atoms with Crippen molar-refractivity contribution < 1.29 is 13.2 Å². The van der Waals surface area contributed by atoms with Gasteiger partial charge in [-0.15, -0.1) is 0 Å².